The fourth-order valence-electron chi connectivity index (χ4n) is 2.41. The second-order valence-electron chi connectivity index (χ2n) is 6.40. The van der Waals surface area contributed by atoms with E-state index in [2.05, 4.69) is 4.72 Å². The maximum atomic E-state index is 12.5. The molecule has 0 aliphatic rings. The van der Waals surface area contributed by atoms with Gasteiger partial charge in [0, 0.05) is 5.56 Å². The molecule has 7 heteroatoms. The van der Waals surface area contributed by atoms with E-state index in [9.17, 15) is 18.0 Å². The van der Waals surface area contributed by atoms with E-state index < -0.39 is 28.1 Å². The number of hydrogen-bond acceptors (Lipinski definition) is 5. The lowest BCUT2D eigenvalue weighted by molar-refractivity contribution is -0.147. The molecule has 2 aromatic carbocycles. The number of carbonyl (C=O) groups is 2. The van der Waals surface area contributed by atoms with Crippen LogP contribution in [0.2, 0.25) is 0 Å². The Kier molecular flexibility index (Phi) is 6.51. The van der Waals surface area contributed by atoms with Gasteiger partial charge in [-0.3, -0.25) is 9.59 Å². The van der Waals surface area contributed by atoms with Crippen LogP contribution < -0.4 is 4.72 Å². The van der Waals surface area contributed by atoms with Gasteiger partial charge in [0.2, 0.25) is 15.8 Å². The van der Waals surface area contributed by atoms with E-state index in [4.69, 9.17) is 4.74 Å². The summed E-state index contributed by atoms with van der Waals surface area (Å²) >= 11 is 0. The SMILES string of the molecule is Cc1ccc(C(=O)C(C)OC(=O)[C@H](C)NS(=O)(=O)c2ccccc2)cc1C. The fraction of sp³-hybridized carbons (Fsp3) is 0.300. The predicted octanol–water partition coefficient (Wildman–Crippen LogP) is 2.78. The normalized spacial score (nSPS) is 13.6. The summed E-state index contributed by atoms with van der Waals surface area (Å²) in [6.45, 7) is 6.67. The minimum atomic E-state index is -3.86. The van der Waals surface area contributed by atoms with Crippen molar-refractivity contribution in [2.24, 2.45) is 0 Å². The average molecular weight is 389 g/mol. The summed E-state index contributed by atoms with van der Waals surface area (Å²) in [6.07, 6.45) is -1.02. The standard InChI is InChI=1S/C20H23NO5S/c1-13-10-11-17(12-14(13)2)19(22)16(4)26-20(23)15(3)21-27(24,25)18-8-6-5-7-9-18/h5-12,15-16,21H,1-4H3/t15-,16?/m0/s1. The predicted molar refractivity (Wildman–Crippen MR) is 102 cm³/mol. The number of benzene rings is 2. The van der Waals surface area contributed by atoms with Crippen LogP contribution in [-0.4, -0.2) is 32.3 Å². The van der Waals surface area contributed by atoms with Gasteiger partial charge in [-0.1, -0.05) is 30.3 Å². The van der Waals surface area contributed by atoms with Gasteiger partial charge in [0.25, 0.3) is 0 Å². The van der Waals surface area contributed by atoms with Crippen LogP contribution in [0.15, 0.2) is 53.4 Å². The summed E-state index contributed by atoms with van der Waals surface area (Å²) < 4.78 is 32.0. The maximum Gasteiger partial charge on any atom is 0.324 e. The topological polar surface area (TPSA) is 89.5 Å². The lowest BCUT2D eigenvalue weighted by Crippen LogP contribution is -2.41. The zero-order chi connectivity index (χ0) is 20.2. The van der Waals surface area contributed by atoms with Crippen molar-refractivity contribution < 1.29 is 22.7 Å². The van der Waals surface area contributed by atoms with E-state index >= 15 is 0 Å². The number of esters is 1. The van der Waals surface area contributed by atoms with Gasteiger partial charge in [-0.2, -0.15) is 4.72 Å². The van der Waals surface area contributed by atoms with Gasteiger partial charge < -0.3 is 4.74 Å². The Bertz CT molecular complexity index is 938. The molecule has 0 aromatic heterocycles. The molecule has 0 bridgehead atoms. The van der Waals surface area contributed by atoms with Gasteiger partial charge in [-0.25, -0.2) is 8.42 Å². The van der Waals surface area contributed by atoms with Crippen molar-refractivity contribution in [3.63, 3.8) is 0 Å². The van der Waals surface area contributed by atoms with Crippen molar-refractivity contribution in [1.29, 1.82) is 0 Å². The van der Waals surface area contributed by atoms with Crippen LogP contribution in [-0.2, 0) is 19.6 Å². The third-order valence-electron chi connectivity index (χ3n) is 4.19. The van der Waals surface area contributed by atoms with Gasteiger partial charge in [0.15, 0.2) is 6.10 Å². The molecule has 27 heavy (non-hydrogen) atoms. The number of hydrogen-bond donors (Lipinski definition) is 1. The summed E-state index contributed by atoms with van der Waals surface area (Å²) in [6, 6.07) is 11.8. The monoisotopic (exact) mass is 389 g/mol. The number of ketones is 1. The van der Waals surface area contributed by atoms with Gasteiger partial charge in [-0.05, 0) is 57.0 Å². The molecule has 0 saturated carbocycles. The van der Waals surface area contributed by atoms with Gasteiger partial charge in [0.05, 0.1) is 4.90 Å². The Morgan fingerprint density at radius 1 is 0.963 bits per heavy atom. The van der Waals surface area contributed by atoms with Crippen molar-refractivity contribution in [2.75, 3.05) is 0 Å². The molecule has 144 valence electrons. The summed E-state index contributed by atoms with van der Waals surface area (Å²) in [5, 5.41) is 0. The average Bonchev–Trinajstić information content (AvgIpc) is 2.63. The third-order valence-corrected chi connectivity index (χ3v) is 5.75. The highest BCUT2D eigenvalue weighted by Crippen LogP contribution is 2.14. The molecule has 0 saturated heterocycles. The highest BCUT2D eigenvalue weighted by Gasteiger charge is 2.26. The van der Waals surface area contributed by atoms with Crippen molar-refractivity contribution in [3.05, 3.63) is 65.2 Å². The molecular weight excluding hydrogens is 366 g/mol. The number of sulfonamides is 1. The minimum Gasteiger partial charge on any atom is -0.453 e. The first-order chi connectivity index (χ1) is 12.6. The number of nitrogens with one attached hydrogen (secondary N) is 1. The van der Waals surface area contributed by atoms with E-state index in [1.54, 1.807) is 30.3 Å². The van der Waals surface area contributed by atoms with E-state index in [1.807, 2.05) is 19.9 Å². The third kappa shape index (κ3) is 5.24. The van der Waals surface area contributed by atoms with Crippen molar-refractivity contribution >= 4 is 21.8 Å². The van der Waals surface area contributed by atoms with E-state index in [0.29, 0.717) is 5.56 Å². The lowest BCUT2D eigenvalue weighted by Gasteiger charge is -2.17. The van der Waals surface area contributed by atoms with E-state index in [1.165, 1.54) is 26.0 Å². The smallest absolute Gasteiger partial charge is 0.324 e. The number of Topliss-reactive ketones (excluding diaryl/α,β-unsaturated/α-hetero) is 1. The molecule has 0 spiro atoms. The number of aryl methyl sites for hydroxylation is 2. The molecule has 1 unspecified atom stereocenters. The van der Waals surface area contributed by atoms with E-state index in [-0.39, 0.29) is 10.7 Å². The van der Waals surface area contributed by atoms with Crippen LogP contribution in [0.1, 0.15) is 35.3 Å². The molecule has 0 fully saturated rings. The Morgan fingerprint density at radius 3 is 2.19 bits per heavy atom. The van der Waals surface area contributed by atoms with Crippen LogP contribution in [0.25, 0.3) is 0 Å². The summed E-state index contributed by atoms with van der Waals surface area (Å²) in [5.41, 5.74) is 2.46. The molecule has 2 rings (SSSR count). The number of ether oxygens (including phenoxy) is 1. The first-order valence-electron chi connectivity index (χ1n) is 8.51. The molecule has 2 aromatic rings. The Labute approximate surface area is 159 Å². The summed E-state index contributed by atoms with van der Waals surface area (Å²) in [7, 11) is -3.86. The first kappa shape index (κ1) is 20.8. The molecule has 0 radical (unpaired) electrons. The van der Waals surface area contributed by atoms with Gasteiger partial charge in [0.1, 0.15) is 6.04 Å². The minimum absolute atomic E-state index is 0.0453. The Morgan fingerprint density at radius 2 is 1.59 bits per heavy atom. The molecule has 6 nitrogen and oxygen atoms in total. The zero-order valence-electron chi connectivity index (χ0n) is 15.7. The number of rotatable bonds is 7. The molecule has 0 aliphatic carbocycles. The van der Waals surface area contributed by atoms with Gasteiger partial charge >= 0.3 is 5.97 Å². The second kappa shape index (κ2) is 8.45. The molecule has 1 N–H and O–H groups in total. The zero-order valence-corrected chi connectivity index (χ0v) is 16.5. The van der Waals surface area contributed by atoms with Gasteiger partial charge in [-0.15, -0.1) is 0 Å². The van der Waals surface area contributed by atoms with Crippen LogP contribution in [0, 0.1) is 13.8 Å². The lowest BCUT2D eigenvalue weighted by atomic mass is 10.0. The molecule has 0 heterocycles. The van der Waals surface area contributed by atoms with E-state index in [0.717, 1.165) is 11.1 Å². The summed E-state index contributed by atoms with van der Waals surface area (Å²) in [5.74, 6) is -1.16. The second-order valence-corrected chi connectivity index (χ2v) is 8.11. The number of carbonyl (C=O) groups excluding carboxylic acids is 2. The van der Waals surface area contributed by atoms with Crippen molar-refractivity contribution in [2.45, 2.75) is 44.7 Å². The molecule has 0 amide bonds. The first-order valence-corrected chi connectivity index (χ1v) is 9.99. The Hall–Kier alpha value is -2.51. The molecule has 0 aliphatic heterocycles. The van der Waals surface area contributed by atoms with Crippen LogP contribution in [0.5, 0.6) is 0 Å². The largest absolute Gasteiger partial charge is 0.453 e. The van der Waals surface area contributed by atoms with Crippen molar-refractivity contribution in [1.82, 2.24) is 4.72 Å². The van der Waals surface area contributed by atoms with Crippen LogP contribution in [0.4, 0.5) is 0 Å². The highest BCUT2D eigenvalue weighted by atomic mass is 32.2. The highest BCUT2D eigenvalue weighted by molar-refractivity contribution is 7.89. The maximum absolute atomic E-state index is 12.5. The van der Waals surface area contributed by atoms with Crippen LogP contribution in [0.3, 0.4) is 0 Å². The quantitative estimate of drug-likeness (QED) is 0.581. The fourth-order valence-corrected chi connectivity index (χ4v) is 3.62. The van der Waals surface area contributed by atoms with Crippen molar-refractivity contribution in [3.8, 4) is 0 Å². The molecule has 2 atom stereocenters. The Balaban J connectivity index is 2.02. The molecular formula is C20H23NO5S. The van der Waals surface area contributed by atoms with Crippen LogP contribution >= 0.6 is 0 Å². The summed E-state index contributed by atoms with van der Waals surface area (Å²) in [4.78, 5) is 24.7.